The van der Waals surface area contributed by atoms with E-state index in [1.165, 1.54) is 0 Å². The van der Waals surface area contributed by atoms with Crippen LogP contribution < -0.4 is 14.8 Å². The van der Waals surface area contributed by atoms with Gasteiger partial charge < -0.3 is 14.8 Å². The molecule has 1 N–H and O–H groups in total. The molecule has 0 saturated heterocycles. The molecule has 0 radical (unpaired) electrons. The van der Waals surface area contributed by atoms with Crippen LogP contribution >= 0.6 is 11.6 Å². The first kappa shape index (κ1) is 23.9. The van der Waals surface area contributed by atoms with E-state index < -0.39 is 5.41 Å². The van der Waals surface area contributed by atoms with Crippen LogP contribution in [-0.2, 0) is 4.79 Å². The zero-order chi connectivity index (χ0) is 23.0. The minimum Gasteiger partial charge on any atom is -0.494 e. The van der Waals surface area contributed by atoms with Crippen molar-refractivity contribution in [2.75, 3.05) is 6.61 Å². The molecule has 1 aliphatic carbocycles. The van der Waals surface area contributed by atoms with Crippen molar-refractivity contribution in [3.63, 3.8) is 0 Å². The smallest absolute Gasteiger partial charge is 0.225 e. The van der Waals surface area contributed by atoms with Crippen molar-refractivity contribution in [2.24, 2.45) is 5.41 Å². The van der Waals surface area contributed by atoms with E-state index in [1.807, 2.05) is 38.1 Å². The lowest BCUT2D eigenvalue weighted by Gasteiger charge is -2.32. The summed E-state index contributed by atoms with van der Waals surface area (Å²) in [5, 5.41) is 12.8. The van der Waals surface area contributed by atoms with E-state index in [4.69, 9.17) is 26.3 Å². The summed E-state index contributed by atoms with van der Waals surface area (Å²) in [5.41, 5.74) is 0.182. The van der Waals surface area contributed by atoms with Gasteiger partial charge in [-0.15, -0.1) is 0 Å². The maximum absolute atomic E-state index is 12.8. The molecule has 0 bridgehead atoms. The molecule has 2 aromatic rings. The van der Waals surface area contributed by atoms with Crippen molar-refractivity contribution in [2.45, 2.75) is 64.5 Å². The Labute approximate surface area is 195 Å². The first-order chi connectivity index (χ1) is 15.4. The Hall–Kier alpha value is -2.71. The number of nitrogens with one attached hydrogen (secondary N) is 1. The van der Waals surface area contributed by atoms with Crippen LogP contribution in [0.2, 0.25) is 5.02 Å². The van der Waals surface area contributed by atoms with Crippen LogP contribution in [0.4, 0.5) is 0 Å². The average molecular weight is 455 g/mol. The molecule has 0 unspecified atom stereocenters. The molecule has 32 heavy (non-hydrogen) atoms. The molecule has 5 nitrogen and oxygen atoms in total. The van der Waals surface area contributed by atoms with E-state index in [-0.39, 0.29) is 18.1 Å². The number of benzene rings is 2. The third kappa shape index (κ3) is 7.17. The number of rotatable bonds is 9. The monoisotopic (exact) mass is 454 g/mol. The van der Waals surface area contributed by atoms with Crippen LogP contribution in [0.25, 0.3) is 0 Å². The van der Waals surface area contributed by atoms with Crippen molar-refractivity contribution in [3.05, 3.63) is 59.1 Å². The lowest BCUT2D eigenvalue weighted by molar-refractivity contribution is -0.130. The van der Waals surface area contributed by atoms with E-state index in [0.717, 1.165) is 50.0 Å². The minimum atomic E-state index is -0.445. The fourth-order valence-corrected chi connectivity index (χ4v) is 3.98. The highest BCUT2D eigenvalue weighted by molar-refractivity contribution is 6.30. The van der Waals surface area contributed by atoms with Gasteiger partial charge in [-0.3, -0.25) is 4.79 Å². The number of carbonyl (C=O) groups excluding carboxylic acids is 1. The third-order valence-corrected chi connectivity index (χ3v) is 6.19. The second kappa shape index (κ2) is 11.2. The van der Waals surface area contributed by atoms with E-state index in [2.05, 4.69) is 11.4 Å². The Kier molecular flexibility index (Phi) is 8.41. The Balaban J connectivity index is 1.36. The maximum atomic E-state index is 12.8. The van der Waals surface area contributed by atoms with Gasteiger partial charge in [0.05, 0.1) is 24.3 Å². The molecule has 0 heterocycles. The Morgan fingerprint density at radius 1 is 1.06 bits per heavy atom. The predicted molar refractivity (Wildman–Crippen MR) is 126 cm³/mol. The van der Waals surface area contributed by atoms with Crippen LogP contribution in [0.15, 0.2) is 48.5 Å². The maximum Gasteiger partial charge on any atom is 0.225 e. The highest BCUT2D eigenvalue weighted by Gasteiger charge is 2.31. The van der Waals surface area contributed by atoms with E-state index >= 15 is 0 Å². The van der Waals surface area contributed by atoms with Gasteiger partial charge in [-0.25, -0.2) is 0 Å². The Morgan fingerprint density at radius 3 is 2.31 bits per heavy atom. The van der Waals surface area contributed by atoms with Gasteiger partial charge in [-0.1, -0.05) is 25.4 Å². The lowest BCUT2D eigenvalue weighted by atomic mass is 9.85. The fourth-order valence-electron chi connectivity index (χ4n) is 3.85. The van der Waals surface area contributed by atoms with Crippen LogP contribution in [0.1, 0.15) is 57.9 Å². The quantitative estimate of drug-likeness (QED) is 0.478. The number of hydrogen-bond donors (Lipinski definition) is 1. The summed E-state index contributed by atoms with van der Waals surface area (Å²) in [6.07, 6.45) is 5.32. The number of nitrogens with zero attached hydrogens (tertiary/aromatic N) is 1. The largest absolute Gasteiger partial charge is 0.494 e. The second-order valence-electron chi connectivity index (χ2n) is 8.99. The molecule has 2 aromatic carbocycles. The normalized spacial score (nSPS) is 18.4. The van der Waals surface area contributed by atoms with Gasteiger partial charge in [-0.2, -0.15) is 5.26 Å². The summed E-state index contributed by atoms with van der Waals surface area (Å²) in [4.78, 5) is 12.8. The number of carbonyl (C=O) groups is 1. The number of nitriles is 1. The Bertz CT molecular complexity index is 912. The van der Waals surface area contributed by atoms with Crippen molar-refractivity contribution < 1.29 is 14.3 Å². The molecule has 3 rings (SSSR count). The van der Waals surface area contributed by atoms with Gasteiger partial charge in [0.1, 0.15) is 11.5 Å². The third-order valence-electron chi connectivity index (χ3n) is 5.94. The van der Waals surface area contributed by atoms with E-state index in [1.54, 1.807) is 24.3 Å². The molecule has 170 valence electrons. The molecule has 1 saturated carbocycles. The van der Waals surface area contributed by atoms with E-state index in [9.17, 15) is 4.79 Å². The molecule has 0 aliphatic heterocycles. The van der Waals surface area contributed by atoms with Crippen LogP contribution in [0.3, 0.4) is 0 Å². The second-order valence-corrected chi connectivity index (χ2v) is 9.43. The molecular formula is C26H31ClN2O3. The van der Waals surface area contributed by atoms with Gasteiger partial charge >= 0.3 is 0 Å². The molecule has 0 aromatic heterocycles. The summed E-state index contributed by atoms with van der Waals surface area (Å²) in [6, 6.07) is 16.8. The zero-order valence-corrected chi connectivity index (χ0v) is 19.5. The molecule has 1 aliphatic rings. The molecule has 1 amide bonds. The number of amides is 1. The molecule has 1 fully saturated rings. The molecule has 6 heteroatoms. The van der Waals surface area contributed by atoms with Gasteiger partial charge in [0.25, 0.3) is 0 Å². The van der Waals surface area contributed by atoms with Gasteiger partial charge in [-0.05, 0) is 87.1 Å². The average Bonchev–Trinajstić information content (AvgIpc) is 2.79. The van der Waals surface area contributed by atoms with Crippen LogP contribution in [0, 0.1) is 16.7 Å². The SMILES string of the molecule is CC(C)(CCCOc1ccc(Cl)cc1)C(=O)NC1CCC(Oc2ccc(C#N)cc2)CC1. The highest BCUT2D eigenvalue weighted by atomic mass is 35.5. The van der Waals surface area contributed by atoms with Crippen molar-refractivity contribution >= 4 is 17.5 Å². The fraction of sp³-hybridized carbons (Fsp3) is 0.462. The topological polar surface area (TPSA) is 71.3 Å². The Morgan fingerprint density at radius 2 is 1.69 bits per heavy atom. The van der Waals surface area contributed by atoms with Crippen molar-refractivity contribution in [3.8, 4) is 17.6 Å². The van der Waals surface area contributed by atoms with Gasteiger partial charge in [0.2, 0.25) is 5.91 Å². The summed E-state index contributed by atoms with van der Waals surface area (Å²) in [7, 11) is 0. The van der Waals surface area contributed by atoms with Crippen LogP contribution in [-0.4, -0.2) is 24.7 Å². The first-order valence-corrected chi connectivity index (χ1v) is 11.6. The van der Waals surface area contributed by atoms with E-state index in [0.29, 0.717) is 17.2 Å². The molecule has 0 spiro atoms. The summed E-state index contributed by atoms with van der Waals surface area (Å²) < 4.78 is 11.8. The van der Waals surface area contributed by atoms with Gasteiger partial charge in [0.15, 0.2) is 0 Å². The van der Waals surface area contributed by atoms with Gasteiger partial charge in [0, 0.05) is 16.5 Å². The minimum absolute atomic E-state index is 0.0976. The summed E-state index contributed by atoms with van der Waals surface area (Å²) >= 11 is 5.89. The number of hydrogen-bond acceptors (Lipinski definition) is 4. The zero-order valence-electron chi connectivity index (χ0n) is 18.8. The van der Waals surface area contributed by atoms with Crippen LogP contribution in [0.5, 0.6) is 11.5 Å². The summed E-state index contributed by atoms with van der Waals surface area (Å²) in [6.45, 7) is 4.55. The molecular weight excluding hydrogens is 424 g/mol. The predicted octanol–water partition coefficient (Wildman–Crippen LogP) is 5.90. The number of halogens is 1. The van der Waals surface area contributed by atoms with Crippen molar-refractivity contribution in [1.29, 1.82) is 5.26 Å². The summed E-state index contributed by atoms with van der Waals surface area (Å²) in [5.74, 6) is 1.68. The highest BCUT2D eigenvalue weighted by Crippen LogP contribution is 2.27. The first-order valence-electron chi connectivity index (χ1n) is 11.2. The lowest BCUT2D eigenvalue weighted by Crippen LogP contribution is -2.45. The standard InChI is InChI=1S/C26H31ClN2O3/c1-26(2,16-3-17-31-22-12-6-20(27)7-13-22)25(30)29-21-8-14-24(15-9-21)32-23-10-4-19(18-28)5-11-23/h4-7,10-13,21,24H,3,8-9,14-17H2,1-2H3,(H,29,30). The van der Waals surface area contributed by atoms with Crippen molar-refractivity contribution in [1.82, 2.24) is 5.32 Å². The molecule has 0 atom stereocenters. The number of ether oxygens (including phenoxy) is 2.